The largest absolute Gasteiger partial charge is 0.492 e. The monoisotopic (exact) mass is 278 g/mol. The first-order valence-electron chi connectivity index (χ1n) is 7.46. The van der Waals surface area contributed by atoms with Gasteiger partial charge >= 0.3 is 0 Å². The molecule has 1 saturated heterocycles. The maximum atomic E-state index is 5.76. The molecule has 1 aromatic carbocycles. The number of likely N-dealkylation sites (N-methyl/N-ethyl adjacent to an activating group) is 1. The van der Waals surface area contributed by atoms with Crippen LogP contribution in [0.4, 0.5) is 5.69 Å². The van der Waals surface area contributed by atoms with E-state index < -0.39 is 0 Å². The first-order valence-corrected chi connectivity index (χ1v) is 7.46. The molecule has 1 heterocycles. The van der Waals surface area contributed by atoms with Gasteiger partial charge in [-0.3, -0.25) is 0 Å². The molecule has 112 valence electrons. The zero-order chi connectivity index (χ0) is 14.2. The Morgan fingerprint density at radius 3 is 3.05 bits per heavy atom. The molecule has 0 radical (unpaired) electrons. The molecule has 1 N–H and O–H groups in total. The van der Waals surface area contributed by atoms with Gasteiger partial charge in [0.2, 0.25) is 0 Å². The second kappa shape index (κ2) is 8.12. The van der Waals surface area contributed by atoms with Gasteiger partial charge in [-0.05, 0) is 45.5 Å². The van der Waals surface area contributed by atoms with Crippen molar-refractivity contribution < 1.29 is 9.47 Å². The van der Waals surface area contributed by atoms with Crippen molar-refractivity contribution in [1.82, 2.24) is 4.90 Å². The normalized spacial score (nSPS) is 19.6. The molecule has 1 aliphatic heterocycles. The molecule has 0 aromatic heterocycles. The van der Waals surface area contributed by atoms with Crippen molar-refractivity contribution in [3.8, 4) is 5.75 Å². The van der Waals surface area contributed by atoms with Crippen molar-refractivity contribution in [2.45, 2.75) is 25.3 Å². The number of rotatable bonds is 6. The SMILES string of the molecule is CN(C)CCOc1cccc(NC2CCCOCC2)c1. The van der Waals surface area contributed by atoms with E-state index in [9.17, 15) is 0 Å². The first kappa shape index (κ1) is 15.1. The second-order valence-corrected chi connectivity index (χ2v) is 5.56. The third-order valence-corrected chi connectivity index (χ3v) is 3.46. The summed E-state index contributed by atoms with van der Waals surface area (Å²) in [6, 6.07) is 8.75. The van der Waals surface area contributed by atoms with Gasteiger partial charge in [-0.25, -0.2) is 0 Å². The van der Waals surface area contributed by atoms with Crippen LogP contribution in [0.5, 0.6) is 5.75 Å². The predicted octanol–water partition coefficient (Wildman–Crippen LogP) is 2.61. The smallest absolute Gasteiger partial charge is 0.121 e. The number of benzene rings is 1. The summed E-state index contributed by atoms with van der Waals surface area (Å²) in [6.07, 6.45) is 3.38. The Morgan fingerprint density at radius 2 is 2.20 bits per heavy atom. The molecule has 1 aromatic rings. The minimum absolute atomic E-state index is 0.509. The number of anilines is 1. The van der Waals surface area contributed by atoms with E-state index in [2.05, 4.69) is 36.4 Å². The Hall–Kier alpha value is -1.26. The number of nitrogens with one attached hydrogen (secondary N) is 1. The van der Waals surface area contributed by atoms with Crippen molar-refractivity contribution >= 4 is 5.69 Å². The van der Waals surface area contributed by atoms with Gasteiger partial charge in [0, 0.05) is 37.6 Å². The van der Waals surface area contributed by atoms with E-state index in [1.165, 1.54) is 6.42 Å². The zero-order valence-corrected chi connectivity index (χ0v) is 12.6. The number of hydrogen-bond donors (Lipinski definition) is 1. The van der Waals surface area contributed by atoms with Gasteiger partial charge < -0.3 is 19.7 Å². The van der Waals surface area contributed by atoms with Crippen molar-refractivity contribution in [3.63, 3.8) is 0 Å². The minimum atomic E-state index is 0.509. The average Bonchev–Trinajstić information content (AvgIpc) is 2.67. The number of hydrogen-bond acceptors (Lipinski definition) is 4. The summed E-state index contributed by atoms with van der Waals surface area (Å²) in [5, 5.41) is 3.59. The van der Waals surface area contributed by atoms with Crippen LogP contribution in [-0.2, 0) is 4.74 Å². The van der Waals surface area contributed by atoms with E-state index in [0.717, 1.165) is 44.0 Å². The lowest BCUT2D eigenvalue weighted by molar-refractivity contribution is 0.144. The Labute approximate surface area is 122 Å². The summed E-state index contributed by atoms with van der Waals surface area (Å²) in [5.74, 6) is 0.932. The van der Waals surface area contributed by atoms with Gasteiger partial charge in [0.05, 0.1) is 0 Å². The van der Waals surface area contributed by atoms with Crippen LogP contribution in [0.1, 0.15) is 19.3 Å². The van der Waals surface area contributed by atoms with E-state index in [4.69, 9.17) is 9.47 Å². The van der Waals surface area contributed by atoms with E-state index in [0.29, 0.717) is 12.6 Å². The maximum Gasteiger partial charge on any atom is 0.121 e. The van der Waals surface area contributed by atoms with Crippen LogP contribution >= 0.6 is 0 Å². The first-order chi connectivity index (χ1) is 9.74. The van der Waals surface area contributed by atoms with Crippen molar-refractivity contribution in [2.24, 2.45) is 0 Å². The molecule has 1 atom stereocenters. The average molecular weight is 278 g/mol. The molecular formula is C16H26N2O2. The van der Waals surface area contributed by atoms with Crippen LogP contribution < -0.4 is 10.1 Å². The van der Waals surface area contributed by atoms with Crippen LogP contribution in [0.25, 0.3) is 0 Å². The lowest BCUT2D eigenvalue weighted by atomic mass is 10.1. The molecule has 0 spiro atoms. The molecule has 20 heavy (non-hydrogen) atoms. The highest BCUT2D eigenvalue weighted by Crippen LogP contribution is 2.20. The highest BCUT2D eigenvalue weighted by molar-refractivity contribution is 5.48. The Balaban J connectivity index is 1.84. The summed E-state index contributed by atoms with van der Waals surface area (Å²) < 4.78 is 11.3. The summed E-state index contributed by atoms with van der Waals surface area (Å²) >= 11 is 0. The van der Waals surface area contributed by atoms with Gasteiger partial charge in [0.15, 0.2) is 0 Å². The summed E-state index contributed by atoms with van der Waals surface area (Å²) in [5.41, 5.74) is 1.14. The van der Waals surface area contributed by atoms with E-state index in [1.54, 1.807) is 0 Å². The quantitative estimate of drug-likeness (QED) is 0.867. The molecule has 0 amide bonds. The molecule has 0 saturated carbocycles. The number of ether oxygens (including phenoxy) is 2. The Morgan fingerprint density at radius 1 is 1.30 bits per heavy atom. The molecule has 0 aliphatic carbocycles. The summed E-state index contributed by atoms with van der Waals surface area (Å²) in [7, 11) is 4.10. The van der Waals surface area contributed by atoms with Gasteiger partial charge in [0.25, 0.3) is 0 Å². The third-order valence-electron chi connectivity index (χ3n) is 3.46. The fraction of sp³-hybridized carbons (Fsp3) is 0.625. The second-order valence-electron chi connectivity index (χ2n) is 5.56. The standard InChI is InChI=1S/C16H26N2O2/c1-18(2)9-12-20-16-7-3-5-15(13-16)17-14-6-4-10-19-11-8-14/h3,5,7,13-14,17H,4,6,8-12H2,1-2H3. The molecule has 0 bridgehead atoms. The summed E-state index contributed by atoms with van der Waals surface area (Å²) in [4.78, 5) is 2.12. The van der Waals surface area contributed by atoms with Gasteiger partial charge in [-0.2, -0.15) is 0 Å². The Kier molecular flexibility index (Phi) is 6.15. The van der Waals surface area contributed by atoms with Crippen LogP contribution in [0, 0.1) is 0 Å². The van der Waals surface area contributed by atoms with Gasteiger partial charge in [-0.1, -0.05) is 6.07 Å². The van der Waals surface area contributed by atoms with Crippen LogP contribution in [-0.4, -0.2) is 51.4 Å². The van der Waals surface area contributed by atoms with Crippen LogP contribution in [0.3, 0.4) is 0 Å². The molecule has 1 unspecified atom stereocenters. The highest BCUT2D eigenvalue weighted by atomic mass is 16.5. The van der Waals surface area contributed by atoms with E-state index in [1.807, 2.05) is 12.1 Å². The van der Waals surface area contributed by atoms with Crippen LogP contribution in [0.2, 0.25) is 0 Å². The Bertz CT molecular complexity index is 388. The highest BCUT2D eigenvalue weighted by Gasteiger charge is 2.12. The molecule has 4 heteroatoms. The van der Waals surface area contributed by atoms with Crippen molar-refractivity contribution in [2.75, 3.05) is 45.8 Å². The third kappa shape index (κ3) is 5.39. The fourth-order valence-corrected chi connectivity index (χ4v) is 2.31. The molecule has 4 nitrogen and oxygen atoms in total. The van der Waals surface area contributed by atoms with E-state index >= 15 is 0 Å². The molecule has 2 rings (SSSR count). The van der Waals surface area contributed by atoms with Crippen molar-refractivity contribution in [1.29, 1.82) is 0 Å². The molecule has 1 fully saturated rings. The topological polar surface area (TPSA) is 33.7 Å². The van der Waals surface area contributed by atoms with Crippen LogP contribution in [0.15, 0.2) is 24.3 Å². The zero-order valence-electron chi connectivity index (χ0n) is 12.6. The molecular weight excluding hydrogens is 252 g/mol. The van der Waals surface area contributed by atoms with Gasteiger partial charge in [-0.15, -0.1) is 0 Å². The van der Waals surface area contributed by atoms with E-state index in [-0.39, 0.29) is 0 Å². The lowest BCUT2D eigenvalue weighted by Crippen LogP contribution is -2.20. The molecule has 1 aliphatic rings. The van der Waals surface area contributed by atoms with Crippen molar-refractivity contribution in [3.05, 3.63) is 24.3 Å². The van der Waals surface area contributed by atoms with Gasteiger partial charge in [0.1, 0.15) is 12.4 Å². The minimum Gasteiger partial charge on any atom is -0.492 e. The summed E-state index contributed by atoms with van der Waals surface area (Å²) in [6.45, 7) is 3.40. The predicted molar refractivity (Wildman–Crippen MR) is 82.6 cm³/mol. The maximum absolute atomic E-state index is 5.76. The fourth-order valence-electron chi connectivity index (χ4n) is 2.31. The number of nitrogens with zero attached hydrogens (tertiary/aromatic N) is 1. The lowest BCUT2D eigenvalue weighted by Gasteiger charge is -2.18.